The highest BCUT2D eigenvalue weighted by atomic mass is 35.5. The Kier molecular flexibility index (Phi) is 4.00. The number of halogens is 1. The molecule has 0 saturated heterocycles. The molecule has 0 unspecified atom stereocenters. The number of benzene rings is 1. The fourth-order valence-corrected chi connectivity index (χ4v) is 2.94. The van der Waals surface area contributed by atoms with E-state index >= 15 is 0 Å². The number of carbonyl (C=O) groups excluding carboxylic acids is 2. The Morgan fingerprint density at radius 1 is 1.17 bits per heavy atom. The first-order chi connectivity index (χ1) is 11.0. The van der Waals surface area contributed by atoms with Crippen molar-refractivity contribution in [3.63, 3.8) is 0 Å². The van der Waals surface area contributed by atoms with E-state index in [0.29, 0.717) is 11.6 Å². The number of amides is 2. The Morgan fingerprint density at radius 2 is 1.83 bits per heavy atom. The van der Waals surface area contributed by atoms with Crippen LogP contribution in [0.25, 0.3) is 0 Å². The maximum absolute atomic E-state index is 12.3. The summed E-state index contributed by atoms with van der Waals surface area (Å²) in [4.78, 5) is 31.4. The second-order valence-electron chi connectivity index (χ2n) is 5.56. The minimum absolute atomic E-state index is 0.0602. The molecule has 2 amide bonds. The van der Waals surface area contributed by atoms with Gasteiger partial charge >= 0.3 is 0 Å². The first-order valence-corrected chi connectivity index (χ1v) is 7.55. The molecule has 23 heavy (non-hydrogen) atoms. The largest absolute Gasteiger partial charge is 0.364 e. The lowest BCUT2D eigenvalue weighted by molar-refractivity contribution is 0.0925. The topological polar surface area (TPSA) is 98.0 Å². The molecule has 118 valence electrons. The minimum Gasteiger partial charge on any atom is -0.364 e. The van der Waals surface area contributed by atoms with Gasteiger partial charge in [0, 0.05) is 29.4 Å². The first-order valence-electron chi connectivity index (χ1n) is 7.17. The molecule has 1 aromatic heterocycles. The predicted molar refractivity (Wildman–Crippen MR) is 85.2 cm³/mol. The number of hydrogen-bond acceptors (Lipinski definition) is 4. The van der Waals surface area contributed by atoms with Gasteiger partial charge in [0.05, 0.1) is 0 Å². The lowest BCUT2D eigenvalue weighted by Gasteiger charge is -2.18. The van der Waals surface area contributed by atoms with Crippen LogP contribution in [0.5, 0.6) is 0 Å². The molecule has 1 heterocycles. The van der Waals surface area contributed by atoms with Crippen LogP contribution >= 0.6 is 11.6 Å². The normalized spacial score (nSPS) is 15.0. The van der Waals surface area contributed by atoms with Crippen molar-refractivity contribution < 1.29 is 9.59 Å². The molecular weight excluding hydrogens is 316 g/mol. The van der Waals surface area contributed by atoms with E-state index in [4.69, 9.17) is 17.3 Å². The van der Waals surface area contributed by atoms with Crippen LogP contribution in [0.4, 0.5) is 0 Å². The zero-order valence-corrected chi connectivity index (χ0v) is 13.0. The van der Waals surface area contributed by atoms with E-state index in [1.807, 2.05) is 24.3 Å². The van der Waals surface area contributed by atoms with E-state index in [1.54, 1.807) is 0 Å². The van der Waals surface area contributed by atoms with Gasteiger partial charge in [0.2, 0.25) is 0 Å². The fraction of sp³-hybridized carbons (Fsp3) is 0.250. The summed E-state index contributed by atoms with van der Waals surface area (Å²) in [5.41, 5.74) is 5.90. The van der Waals surface area contributed by atoms with Gasteiger partial charge < -0.3 is 11.1 Å². The number of aromatic nitrogens is 2. The molecule has 1 aromatic carbocycles. The summed E-state index contributed by atoms with van der Waals surface area (Å²) >= 11 is 6.25. The predicted octanol–water partition coefficient (Wildman–Crippen LogP) is 1.69. The molecule has 0 bridgehead atoms. The molecule has 0 aliphatic heterocycles. The second kappa shape index (κ2) is 5.96. The van der Waals surface area contributed by atoms with Gasteiger partial charge in [-0.2, -0.15) is 0 Å². The summed E-state index contributed by atoms with van der Waals surface area (Å²) in [6.45, 7) is 0.421. The number of hydrogen-bond donors (Lipinski definition) is 2. The molecule has 3 N–H and O–H groups in total. The number of nitrogens with one attached hydrogen (secondary N) is 1. The van der Waals surface area contributed by atoms with Gasteiger partial charge in [0.25, 0.3) is 11.8 Å². The number of rotatable bonds is 5. The standard InChI is InChI=1S/C16H15ClN4O2/c17-11-4-2-1-3-10(11)16(5-6-16)9-21-15(23)13-12(14(18)22)19-7-8-20-13/h1-4,7-8H,5-6,9H2,(H2,18,22)(H,21,23). The molecular formula is C16H15ClN4O2. The number of nitrogens with two attached hydrogens (primary N) is 1. The van der Waals surface area contributed by atoms with Crippen LogP contribution in [0, 0.1) is 0 Å². The minimum atomic E-state index is -0.782. The van der Waals surface area contributed by atoms with Gasteiger partial charge in [-0.05, 0) is 24.5 Å². The van der Waals surface area contributed by atoms with Crippen molar-refractivity contribution in [3.8, 4) is 0 Å². The summed E-state index contributed by atoms with van der Waals surface area (Å²) in [6, 6.07) is 7.61. The number of primary amides is 1. The molecule has 1 aliphatic rings. The highest BCUT2D eigenvalue weighted by Crippen LogP contribution is 2.49. The zero-order chi connectivity index (χ0) is 16.4. The highest BCUT2D eigenvalue weighted by molar-refractivity contribution is 6.31. The Balaban J connectivity index is 1.76. The molecule has 1 saturated carbocycles. The van der Waals surface area contributed by atoms with Crippen molar-refractivity contribution in [2.45, 2.75) is 18.3 Å². The number of carbonyl (C=O) groups is 2. The van der Waals surface area contributed by atoms with E-state index in [-0.39, 0.29) is 16.8 Å². The average Bonchev–Trinajstić information content (AvgIpc) is 3.34. The van der Waals surface area contributed by atoms with Gasteiger partial charge in [0.1, 0.15) is 0 Å². The van der Waals surface area contributed by atoms with E-state index in [9.17, 15) is 9.59 Å². The quantitative estimate of drug-likeness (QED) is 0.871. The van der Waals surface area contributed by atoms with Crippen LogP contribution in [0.3, 0.4) is 0 Å². The maximum Gasteiger partial charge on any atom is 0.272 e. The number of nitrogens with zero attached hydrogens (tertiary/aromatic N) is 2. The lowest BCUT2D eigenvalue weighted by atomic mass is 9.96. The summed E-state index contributed by atoms with van der Waals surface area (Å²) < 4.78 is 0. The van der Waals surface area contributed by atoms with Gasteiger partial charge in [-0.15, -0.1) is 0 Å². The van der Waals surface area contributed by atoms with Crippen LogP contribution < -0.4 is 11.1 Å². The highest BCUT2D eigenvalue weighted by Gasteiger charge is 2.45. The molecule has 6 nitrogen and oxygen atoms in total. The first kappa shape index (κ1) is 15.4. The van der Waals surface area contributed by atoms with Crippen molar-refractivity contribution in [1.82, 2.24) is 15.3 Å². The third kappa shape index (κ3) is 3.03. The summed E-state index contributed by atoms with van der Waals surface area (Å²) in [5, 5.41) is 3.51. The zero-order valence-electron chi connectivity index (χ0n) is 12.3. The van der Waals surface area contributed by atoms with E-state index in [2.05, 4.69) is 15.3 Å². The summed E-state index contributed by atoms with van der Waals surface area (Å²) in [7, 11) is 0. The molecule has 1 aliphatic carbocycles. The fourth-order valence-electron chi connectivity index (χ4n) is 2.60. The smallest absolute Gasteiger partial charge is 0.272 e. The van der Waals surface area contributed by atoms with Gasteiger partial charge in [-0.3, -0.25) is 9.59 Å². The Labute approximate surface area is 138 Å². The van der Waals surface area contributed by atoms with E-state index < -0.39 is 11.8 Å². The van der Waals surface area contributed by atoms with Crippen molar-refractivity contribution in [2.24, 2.45) is 5.73 Å². The molecule has 3 rings (SSSR count). The molecule has 1 fully saturated rings. The second-order valence-corrected chi connectivity index (χ2v) is 5.97. The summed E-state index contributed by atoms with van der Waals surface area (Å²) in [5.74, 6) is -1.25. The molecule has 7 heteroatoms. The van der Waals surface area contributed by atoms with Crippen LogP contribution in [-0.2, 0) is 5.41 Å². The Hall–Kier alpha value is -2.47. The molecule has 0 atom stereocenters. The van der Waals surface area contributed by atoms with Crippen LogP contribution in [-0.4, -0.2) is 28.3 Å². The molecule has 2 aromatic rings. The third-order valence-electron chi connectivity index (χ3n) is 4.03. The average molecular weight is 331 g/mol. The molecule has 0 radical (unpaired) electrons. The SMILES string of the molecule is NC(=O)c1nccnc1C(=O)NCC1(c2ccccc2Cl)CC1. The van der Waals surface area contributed by atoms with Gasteiger partial charge in [-0.25, -0.2) is 9.97 Å². The van der Waals surface area contributed by atoms with Crippen molar-refractivity contribution in [3.05, 3.63) is 58.6 Å². The monoisotopic (exact) mass is 330 g/mol. The third-order valence-corrected chi connectivity index (χ3v) is 4.36. The maximum atomic E-state index is 12.3. The lowest BCUT2D eigenvalue weighted by Crippen LogP contribution is -2.34. The van der Waals surface area contributed by atoms with Gasteiger partial charge in [-0.1, -0.05) is 29.8 Å². The molecule has 0 spiro atoms. The summed E-state index contributed by atoms with van der Waals surface area (Å²) in [6.07, 6.45) is 4.56. The van der Waals surface area contributed by atoms with E-state index in [0.717, 1.165) is 18.4 Å². The van der Waals surface area contributed by atoms with Crippen LogP contribution in [0.2, 0.25) is 5.02 Å². The Morgan fingerprint density at radius 3 is 2.43 bits per heavy atom. The van der Waals surface area contributed by atoms with Crippen molar-refractivity contribution in [1.29, 1.82) is 0 Å². The van der Waals surface area contributed by atoms with Crippen molar-refractivity contribution >= 4 is 23.4 Å². The van der Waals surface area contributed by atoms with E-state index in [1.165, 1.54) is 12.4 Å². The van der Waals surface area contributed by atoms with Crippen molar-refractivity contribution in [2.75, 3.05) is 6.54 Å². The Bertz CT molecular complexity index is 774. The van der Waals surface area contributed by atoms with Gasteiger partial charge in [0.15, 0.2) is 11.4 Å². The van der Waals surface area contributed by atoms with Crippen LogP contribution in [0.15, 0.2) is 36.7 Å². The van der Waals surface area contributed by atoms with Crippen LogP contribution in [0.1, 0.15) is 39.4 Å².